The fourth-order valence-electron chi connectivity index (χ4n) is 5.07. The van der Waals surface area contributed by atoms with Crippen molar-refractivity contribution < 1.29 is 9.32 Å². The molecule has 1 N–H and O–H groups in total. The summed E-state index contributed by atoms with van der Waals surface area (Å²) in [5, 5.41) is 7.36. The van der Waals surface area contributed by atoms with Crippen LogP contribution in [-0.4, -0.2) is 65.2 Å². The van der Waals surface area contributed by atoms with E-state index in [0.717, 1.165) is 74.6 Å². The Bertz CT molecular complexity index is 1130. The third-order valence-corrected chi connectivity index (χ3v) is 7.06. The van der Waals surface area contributed by atoms with Crippen LogP contribution >= 0.6 is 0 Å². The first-order chi connectivity index (χ1) is 17.2. The molecule has 1 aromatic carbocycles. The summed E-state index contributed by atoms with van der Waals surface area (Å²) in [7, 11) is 0. The van der Waals surface area contributed by atoms with Crippen molar-refractivity contribution in [2.24, 2.45) is 5.92 Å². The lowest BCUT2D eigenvalue weighted by atomic mass is 9.95. The molecule has 2 saturated heterocycles. The van der Waals surface area contributed by atoms with Crippen molar-refractivity contribution in [3.63, 3.8) is 0 Å². The summed E-state index contributed by atoms with van der Waals surface area (Å²) < 4.78 is 5.63. The fourth-order valence-corrected chi connectivity index (χ4v) is 5.07. The van der Waals surface area contributed by atoms with Gasteiger partial charge in [0, 0.05) is 43.9 Å². The zero-order chi connectivity index (χ0) is 24.0. The number of rotatable bonds is 7. The molecule has 5 rings (SSSR count). The molecule has 0 atom stereocenters. The molecule has 3 aromatic rings. The summed E-state index contributed by atoms with van der Waals surface area (Å²) in [4.78, 5) is 26.7. The molecule has 8 nitrogen and oxygen atoms in total. The number of hydrogen-bond acceptors (Lipinski definition) is 7. The molecule has 35 heavy (non-hydrogen) atoms. The maximum Gasteiger partial charge on any atom is 0.261 e. The highest BCUT2D eigenvalue weighted by Gasteiger charge is 2.28. The smallest absolute Gasteiger partial charge is 0.261 e. The predicted molar refractivity (Wildman–Crippen MR) is 136 cm³/mol. The minimum Gasteiger partial charge on any atom is -0.356 e. The van der Waals surface area contributed by atoms with Crippen LogP contribution in [0.1, 0.15) is 37.7 Å². The van der Waals surface area contributed by atoms with Crippen LogP contribution in [0.4, 0.5) is 5.82 Å². The first-order valence-corrected chi connectivity index (χ1v) is 12.8. The maximum atomic E-state index is 12.7. The number of likely N-dealkylation sites (tertiary alicyclic amines) is 1. The van der Waals surface area contributed by atoms with E-state index in [2.05, 4.69) is 30.2 Å². The van der Waals surface area contributed by atoms with Crippen LogP contribution in [0.15, 0.2) is 47.1 Å². The third kappa shape index (κ3) is 5.70. The molecule has 0 unspecified atom stereocenters. The highest BCUT2D eigenvalue weighted by atomic mass is 16.5. The zero-order valence-corrected chi connectivity index (χ0v) is 20.4. The molecule has 2 aliphatic rings. The van der Waals surface area contributed by atoms with E-state index < -0.39 is 0 Å². The van der Waals surface area contributed by atoms with Crippen LogP contribution in [0.25, 0.3) is 22.8 Å². The summed E-state index contributed by atoms with van der Waals surface area (Å²) in [6.45, 7) is 7.60. The second-order valence-corrected chi connectivity index (χ2v) is 9.62. The normalized spacial score (nSPS) is 17.5. The molecule has 2 aliphatic heterocycles. The Labute approximate surface area is 206 Å². The van der Waals surface area contributed by atoms with E-state index in [9.17, 15) is 4.79 Å². The van der Waals surface area contributed by atoms with E-state index in [-0.39, 0.29) is 11.8 Å². The Morgan fingerprint density at radius 1 is 1.09 bits per heavy atom. The van der Waals surface area contributed by atoms with E-state index >= 15 is 0 Å². The molecular weight excluding hydrogens is 440 g/mol. The second kappa shape index (κ2) is 11.0. The van der Waals surface area contributed by atoms with Gasteiger partial charge in [-0.25, -0.2) is 4.98 Å². The summed E-state index contributed by atoms with van der Waals surface area (Å²) >= 11 is 0. The van der Waals surface area contributed by atoms with Crippen LogP contribution in [0.2, 0.25) is 0 Å². The number of carbonyl (C=O) groups is 1. The van der Waals surface area contributed by atoms with Gasteiger partial charge in [0.25, 0.3) is 5.89 Å². The van der Waals surface area contributed by atoms with Gasteiger partial charge in [-0.3, -0.25) is 4.79 Å². The van der Waals surface area contributed by atoms with E-state index in [1.165, 1.54) is 19.3 Å². The molecule has 184 valence electrons. The average Bonchev–Trinajstić information content (AvgIpc) is 3.40. The maximum absolute atomic E-state index is 12.7. The van der Waals surface area contributed by atoms with E-state index in [1.54, 1.807) is 6.20 Å². The van der Waals surface area contributed by atoms with Gasteiger partial charge in [-0.2, -0.15) is 4.98 Å². The Kier molecular flexibility index (Phi) is 7.37. The van der Waals surface area contributed by atoms with Crippen LogP contribution < -0.4 is 10.2 Å². The third-order valence-electron chi connectivity index (χ3n) is 7.06. The molecule has 0 aliphatic carbocycles. The number of aromatic nitrogens is 3. The molecule has 8 heteroatoms. The molecule has 0 spiro atoms. The number of hydrogen-bond donors (Lipinski definition) is 1. The van der Waals surface area contributed by atoms with Gasteiger partial charge in [-0.15, -0.1) is 0 Å². The van der Waals surface area contributed by atoms with Gasteiger partial charge >= 0.3 is 0 Å². The van der Waals surface area contributed by atoms with Crippen LogP contribution in [0, 0.1) is 12.8 Å². The topological polar surface area (TPSA) is 87.4 Å². The van der Waals surface area contributed by atoms with E-state index in [0.29, 0.717) is 11.7 Å². The predicted octanol–water partition coefficient (Wildman–Crippen LogP) is 3.93. The molecular formula is C27H34N6O2. The largest absolute Gasteiger partial charge is 0.356 e. The first-order valence-electron chi connectivity index (χ1n) is 12.8. The lowest BCUT2D eigenvalue weighted by Gasteiger charge is -2.33. The van der Waals surface area contributed by atoms with Crippen LogP contribution in [0.3, 0.4) is 0 Å². The van der Waals surface area contributed by atoms with Crippen molar-refractivity contribution in [3.8, 4) is 22.8 Å². The number of amides is 1. The molecule has 0 radical (unpaired) electrons. The number of nitrogens with one attached hydrogen (secondary N) is 1. The van der Waals surface area contributed by atoms with Crippen molar-refractivity contribution >= 4 is 11.7 Å². The SMILES string of the molecule is Cc1cccc(-c2noc(-c3cccnc3N3CCC(C(=O)NCCN4CCCCC4)CC3)n2)c1. The standard InChI is InChI=1S/C27H34N6O2/c1-20-7-5-8-22(19-20)24-30-27(35-31-24)23-9-6-12-28-25(23)33-16-10-21(11-17-33)26(34)29-13-18-32-14-3-2-4-15-32/h5-9,12,19,21H,2-4,10-11,13-18H2,1H3,(H,29,34). The second-order valence-electron chi connectivity index (χ2n) is 9.62. The van der Waals surface area contributed by atoms with Crippen molar-refractivity contribution in [2.45, 2.75) is 39.0 Å². The minimum absolute atomic E-state index is 0.0519. The molecule has 4 heterocycles. The number of nitrogens with zero attached hydrogens (tertiary/aromatic N) is 5. The van der Waals surface area contributed by atoms with Gasteiger partial charge in [0.1, 0.15) is 5.82 Å². The molecule has 2 aromatic heterocycles. The van der Waals surface area contributed by atoms with Crippen molar-refractivity contribution in [1.82, 2.24) is 25.3 Å². The summed E-state index contributed by atoms with van der Waals surface area (Å²) in [5.74, 6) is 2.09. The Morgan fingerprint density at radius 3 is 2.71 bits per heavy atom. The fraction of sp³-hybridized carbons (Fsp3) is 0.481. The summed E-state index contributed by atoms with van der Waals surface area (Å²) in [6, 6.07) is 11.9. The summed E-state index contributed by atoms with van der Waals surface area (Å²) in [5.41, 5.74) is 2.90. The molecule has 1 amide bonds. The van der Waals surface area contributed by atoms with Crippen molar-refractivity contribution in [3.05, 3.63) is 48.2 Å². The zero-order valence-electron chi connectivity index (χ0n) is 20.4. The van der Waals surface area contributed by atoms with Gasteiger partial charge < -0.3 is 19.6 Å². The number of pyridine rings is 1. The van der Waals surface area contributed by atoms with Gasteiger partial charge in [0.15, 0.2) is 0 Å². The van der Waals surface area contributed by atoms with Gasteiger partial charge in [0.2, 0.25) is 11.7 Å². The van der Waals surface area contributed by atoms with Crippen LogP contribution in [-0.2, 0) is 4.79 Å². The number of benzene rings is 1. The first kappa shape index (κ1) is 23.5. The average molecular weight is 475 g/mol. The van der Waals surface area contributed by atoms with Crippen molar-refractivity contribution in [2.75, 3.05) is 44.2 Å². The highest BCUT2D eigenvalue weighted by Crippen LogP contribution is 2.32. The summed E-state index contributed by atoms with van der Waals surface area (Å²) in [6.07, 6.45) is 7.29. The Morgan fingerprint density at radius 2 is 1.91 bits per heavy atom. The van der Waals surface area contributed by atoms with Crippen molar-refractivity contribution in [1.29, 1.82) is 0 Å². The van der Waals surface area contributed by atoms with Crippen LogP contribution in [0.5, 0.6) is 0 Å². The van der Waals surface area contributed by atoms with E-state index in [1.807, 2.05) is 43.3 Å². The van der Waals surface area contributed by atoms with Gasteiger partial charge in [-0.1, -0.05) is 35.3 Å². The molecule has 0 bridgehead atoms. The number of anilines is 1. The quantitative estimate of drug-likeness (QED) is 0.555. The lowest BCUT2D eigenvalue weighted by molar-refractivity contribution is -0.125. The van der Waals surface area contributed by atoms with E-state index in [4.69, 9.17) is 4.52 Å². The minimum atomic E-state index is 0.0519. The van der Waals surface area contributed by atoms with Gasteiger partial charge in [-0.05, 0) is 63.9 Å². The monoisotopic (exact) mass is 474 g/mol. The number of carbonyl (C=O) groups excluding carboxylic acids is 1. The Hall–Kier alpha value is -3.26. The molecule has 0 saturated carbocycles. The Balaban J connectivity index is 1.19. The molecule has 2 fully saturated rings. The number of aryl methyl sites for hydroxylation is 1. The highest BCUT2D eigenvalue weighted by molar-refractivity contribution is 5.79. The van der Waals surface area contributed by atoms with Gasteiger partial charge in [0.05, 0.1) is 5.56 Å². The number of piperidine rings is 2. The lowest BCUT2D eigenvalue weighted by Crippen LogP contribution is -2.43.